The summed E-state index contributed by atoms with van der Waals surface area (Å²) in [6.45, 7) is 2.24. The molecule has 3 rings (SSSR count). The van der Waals surface area contributed by atoms with Crippen molar-refractivity contribution in [1.82, 2.24) is 19.9 Å². The SMILES string of the molecule is CCn1cc([N+](=O)[O-])c(-c2nc(-c3ccc([N+](=O)[O-])cc3)no2)n1. The van der Waals surface area contributed by atoms with Crippen LogP contribution < -0.4 is 0 Å². The number of benzene rings is 1. The fraction of sp³-hybridized carbons (Fsp3) is 0.154. The molecule has 0 atom stereocenters. The first kappa shape index (κ1) is 15.3. The first-order valence-electron chi connectivity index (χ1n) is 6.80. The first-order chi connectivity index (χ1) is 11.5. The van der Waals surface area contributed by atoms with Gasteiger partial charge in [0.05, 0.1) is 9.85 Å². The molecule has 11 heteroatoms. The maximum absolute atomic E-state index is 11.1. The van der Waals surface area contributed by atoms with E-state index in [1.54, 1.807) is 6.92 Å². The molecule has 122 valence electrons. The van der Waals surface area contributed by atoms with Crippen molar-refractivity contribution in [3.8, 4) is 23.0 Å². The topological polar surface area (TPSA) is 143 Å². The predicted octanol–water partition coefficient (Wildman–Crippen LogP) is 2.44. The third-order valence-corrected chi connectivity index (χ3v) is 3.23. The van der Waals surface area contributed by atoms with Gasteiger partial charge in [0.2, 0.25) is 11.5 Å². The lowest BCUT2D eigenvalue weighted by Crippen LogP contribution is -1.93. The van der Waals surface area contributed by atoms with Crippen LogP contribution in [0.4, 0.5) is 11.4 Å². The zero-order chi connectivity index (χ0) is 17.3. The Kier molecular flexibility index (Phi) is 3.74. The highest BCUT2D eigenvalue weighted by atomic mass is 16.6. The minimum Gasteiger partial charge on any atom is -0.332 e. The summed E-state index contributed by atoms with van der Waals surface area (Å²) in [5.41, 5.74) is 0.145. The lowest BCUT2D eigenvalue weighted by Gasteiger charge is -1.93. The van der Waals surface area contributed by atoms with E-state index >= 15 is 0 Å². The maximum atomic E-state index is 11.1. The number of aryl methyl sites for hydroxylation is 1. The molecule has 2 aromatic heterocycles. The van der Waals surface area contributed by atoms with Gasteiger partial charge < -0.3 is 4.52 Å². The van der Waals surface area contributed by atoms with Gasteiger partial charge in [0.1, 0.15) is 6.20 Å². The largest absolute Gasteiger partial charge is 0.332 e. The van der Waals surface area contributed by atoms with Gasteiger partial charge in [-0.25, -0.2) is 0 Å². The Morgan fingerprint density at radius 2 is 1.88 bits per heavy atom. The van der Waals surface area contributed by atoms with Crippen LogP contribution in [0.1, 0.15) is 6.92 Å². The zero-order valence-electron chi connectivity index (χ0n) is 12.3. The minimum absolute atomic E-state index is 0.0255. The number of rotatable bonds is 5. The molecule has 0 amide bonds. The molecule has 0 spiro atoms. The van der Waals surface area contributed by atoms with Gasteiger partial charge in [-0.2, -0.15) is 10.1 Å². The molecule has 0 radical (unpaired) electrons. The number of nitrogens with zero attached hydrogens (tertiary/aromatic N) is 6. The normalized spacial score (nSPS) is 10.7. The van der Waals surface area contributed by atoms with E-state index in [0.29, 0.717) is 12.1 Å². The van der Waals surface area contributed by atoms with Crippen molar-refractivity contribution in [2.75, 3.05) is 0 Å². The van der Waals surface area contributed by atoms with Crippen LogP contribution in [0.2, 0.25) is 0 Å². The first-order valence-corrected chi connectivity index (χ1v) is 6.80. The Morgan fingerprint density at radius 1 is 1.17 bits per heavy atom. The molecule has 3 aromatic rings. The molecule has 0 saturated carbocycles. The molecule has 0 unspecified atom stereocenters. The van der Waals surface area contributed by atoms with Crippen molar-refractivity contribution in [2.45, 2.75) is 13.5 Å². The molecule has 0 aliphatic rings. The lowest BCUT2D eigenvalue weighted by molar-refractivity contribution is -0.384. The molecular formula is C13H10N6O5. The van der Waals surface area contributed by atoms with E-state index in [-0.39, 0.29) is 28.8 Å². The summed E-state index contributed by atoms with van der Waals surface area (Å²) in [5.74, 6) is 0.0579. The fourth-order valence-corrected chi connectivity index (χ4v) is 2.03. The van der Waals surface area contributed by atoms with E-state index in [1.165, 1.54) is 35.1 Å². The number of aromatic nitrogens is 4. The van der Waals surface area contributed by atoms with Crippen molar-refractivity contribution in [1.29, 1.82) is 0 Å². The Labute approximate surface area is 133 Å². The molecule has 0 N–H and O–H groups in total. The van der Waals surface area contributed by atoms with E-state index in [2.05, 4.69) is 15.2 Å². The Bertz CT molecular complexity index is 913. The summed E-state index contributed by atoms with van der Waals surface area (Å²) in [5, 5.41) is 29.6. The predicted molar refractivity (Wildman–Crippen MR) is 79.9 cm³/mol. The number of nitro groups is 2. The van der Waals surface area contributed by atoms with Gasteiger partial charge >= 0.3 is 5.69 Å². The van der Waals surface area contributed by atoms with Crippen molar-refractivity contribution in [2.24, 2.45) is 0 Å². The summed E-state index contributed by atoms with van der Waals surface area (Å²) in [6.07, 6.45) is 1.28. The zero-order valence-corrected chi connectivity index (χ0v) is 12.3. The Hall–Kier alpha value is -3.63. The van der Waals surface area contributed by atoms with Crippen LogP contribution in [0.3, 0.4) is 0 Å². The molecule has 1 aromatic carbocycles. The minimum atomic E-state index is -0.579. The van der Waals surface area contributed by atoms with Crippen LogP contribution in [0.5, 0.6) is 0 Å². The monoisotopic (exact) mass is 330 g/mol. The second-order valence-corrected chi connectivity index (χ2v) is 4.70. The summed E-state index contributed by atoms with van der Waals surface area (Å²) in [6, 6.07) is 5.54. The van der Waals surface area contributed by atoms with E-state index in [1.807, 2.05) is 0 Å². The van der Waals surface area contributed by atoms with E-state index < -0.39 is 9.85 Å². The molecule has 0 bridgehead atoms. The van der Waals surface area contributed by atoms with Gasteiger partial charge in [-0.3, -0.25) is 24.9 Å². The van der Waals surface area contributed by atoms with Crippen molar-refractivity contribution >= 4 is 11.4 Å². The number of hydrogen-bond donors (Lipinski definition) is 0. The quantitative estimate of drug-likeness (QED) is 0.512. The molecule has 0 aliphatic carbocycles. The third-order valence-electron chi connectivity index (χ3n) is 3.23. The summed E-state index contributed by atoms with van der Waals surface area (Å²) < 4.78 is 6.45. The van der Waals surface area contributed by atoms with Crippen molar-refractivity contribution in [3.05, 3.63) is 50.7 Å². The van der Waals surface area contributed by atoms with Crippen LogP contribution >= 0.6 is 0 Å². The van der Waals surface area contributed by atoms with Crippen LogP contribution in [0, 0.1) is 20.2 Å². The standard InChI is InChI=1S/C13H10N6O5/c1-2-17-7-10(19(22)23)11(15-17)13-14-12(16-24-13)8-3-5-9(6-4-8)18(20)21/h3-7H,2H2,1H3. The van der Waals surface area contributed by atoms with Gasteiger partial charge in [-0.15, -0.1) is 0 Å². The molecule has 2 heterocycles. The Morgan fingerprint density at radius 3 is 2.46 bits per heavy atom. The van der Waals surface area contributed by atoms with E-state index in [9.17, 15) is 20.2 Å². The van der Waals surface area contributed by atoms with Crippen molar-refractivity contribution in [3.63, 3.8) is 0 Å². The van der Waals surface area contributed by atoms with E-state index in [4.69, 9.17) is 4.52 Å². The van der Waals surface area contributed by atoms with Gasteiger partial charge in [0, 0.05) is 24.2 Å². The molecule has 24 heavy (non-hydrogen) atoms. The molecular weight excluding hydrogens is 320 g/mol. The highest BCUT2D eigenvalue weighted by Gasteiger charge is 2.26. The van der Waals surface area contributed by atoms with Crippen LogP contribution in [-0.2, 0) is 6.54 Å². The highest BCUT2D eigenvalue weighted by Crippen LogP contribution is 2.29. The lowest BCUT2D eigenvalue weighted by atomic mass is 10.2. The number of nitro benzene ring substituents is 1. The Balaban J connectivity index is 1.97. The van der Waals surface area contributed by atoms with Crippen LogP contribution in [-0.4, -0.2) is 29.8 Å². The van der Waals surface area contributed by atoms with Gasteiger partial charge in [-0.05, 0) is 19.1 Å². The average molecular weight is 330 g/mol. The van der Waals surface area contributed by atoms with Gasteiger partial charge in [0.15, 0.2) is 0 Å². The van der Waals surface area contributed by atoms with Gasteiger partial charge in [0.25, 0.3) is 11.6 Å². The number of non-ortho nitro benzene ring substituents is 1. The second-order valence-electron chi connectivity index (χ2n) is 4.70. The average Bonchev–Trinajstić information content (AvgIpc) is 3.21. The molecule has 0 saturated heterocycles. The highest BCUT2D eigenvalue weighted by molar-refractivity contribution is 5.64. The van der Waals surface area contributed by atoms with Crippen LogP contribution in [0.15, 0.2) is 35.0 Å². The summed E-state index contributed by atoms with van der Waals surface area (Å²) in [7, 11) is 0. The smallest absolute Gasteiger partial charge is 0.320 e. The number of hydrogen-bond acceptors (Lipinski definition) is 8. The van der Waals surface area contributed by atoms with Gasteiger partial charge in [-0.1, -0.05) is 5.16 Å². The summed E-state index contributed by atoms with van der Waals surface area (Å²) in [4.78, 5) is 24.7. The molecule has 0 aliphatic heterocycles. The molecule has 0 fully saturated rings. The summed E-state index contributed by atoms with van der Waals surface area (Å²) >= 11 is 0. The van der Waals surface area contributed by atoms with E-state index in [0.717, 1.165) is 0 Å². The molecule has 11 nitrogen and oxygen atoms in total. The fourth-order valence-electron chi connectivity index (χ4n) is 2.03. The van der Waals surface area contributed by atoms with Crippen molar-refractivity contribution < 1.29 is 14.4 Å². The van der Waals surface area contributed by atoms with Crippen LogP contribution in [0.25, 0.3) is 23.0 Å². The third kappa shape index (κ3) is 2.69. The maximum Gasteiger partial charge on any atom is 0.320 e. The second kappa shape index (κ2) is 5.87.